The first kappa shape index (κ1) is 25.8. The molecule has 0 spiro atoms. The third-order valence-corrected chi connectivity index (χ3v) is 6.77. The van der Waals surface area contributed by atoms with Crippen LogP contribution in [0.2, 0.25) is 0 Å². The highest BCUT2D eigenvalue weighted by Gasteiger charge is 2.48. The summed E-state index contributed by atoms with van der Waals surface area (Å²) in [5, 5.41) is 5.53. The van der Waals surface area contributed by atoms with E-state index in [0.717, 1.165) is 18.9 Å². The minimum absolute atomic E-state index is 0.0473. The summed E-state index contributed by atoms with van der Waals surface area (Å²) >= 11 is 0. The zero-order valence-corrected chi connectivity index (χ0v) is 20.4. The van der Waals surface area contributed by atoms with E-state index in [1.54, 1.807) is 0 Å². The predicted octanol–water partition coefficient (Wildman–Crippen LogP) is 3.99. The second-order valence-corrected chi connectivity index (χ2v) is 9.99. The number of nitrogens with zero attached hydrogens (tertiary/aromatic N) is 2. The fourth-order valence-electron chi connectivity index (χ4n) is 4.83. The lowest BCUT2D eigenvalue weighted by molar-refractivity contribution is -0.139. The van der Waals surface area contributed by atoms with Gasteiger partial charge in [-0.05, 0) is 42.7 Å². The highest BCUT2D eigenvalue weighted by atomic mass is 19.4. The number of hydrogen-bond donors (Lipinski definition) is 2. The van der Waals surface area contributed by atoms with Crippen LogP contribution in [0.15, 0.2) is 48.2 Å². The number of carbonyl (C=O) groups is 3. The van der Waals surface area contributed by atoms with Gasteiger partial charge in [0.2, 0.25) is 5.91 Å². The molecule has 4 amide bonds. The summed E-state index contributed by atoms with van der Waals surface area (Å²) < 4.78 is 41.5. The van der Waals surface area contributed by atoms with Crippen LogP contribution in [-0.4, -0.2) is 53.3 Å². The Morgan fingerprint density at radius 3 is 2.56 bits per heavy atom. The van der Waals surface area contributed by atoms with E-state index < -0.39 is 35.8 Å². The predicted molar refractivity (Wildman–Crippen MR) is 127 cm³/mol. The van der Waals surface area contributed by atoms with Crippen LogP contribution in [0.4, 0.5) is 18.0 Å². The van der Waals surface area contributed by atoms with Gasteiger partial charge in [0.1, 0.15) is 6.04 Å². The molecule has 2 N–H and O–H groups in total. The van der Waals surface area contributed by atoms with Crippen LogP contribution in [0.25, 0.3) is 0 Å². The maximum atomic E-state index is 13.8. The van der Waals surface area contributed by atoms with Crippen molar-refractivity contribution in [3.63, 3.8) is 0 Å². The number of halogens is 3. The number of nitrogens with one attached hydrogen (secondary N) is 2. The molecule has 2 heterocycles. The lowest BCUT2D eigenvalue weighted by Crippen LogP contribution is -2.49. The van der Waals surface area contributed by atoms with Crippen LogP contribution in [0.1, 0.15) is 50.3 Å². The van der Waals surface area contributed by atoms with Crippen LogP contribution in [0.5, 0.6) is 0 Å². The standard InChI is InChI=1S/C26H31F3N4O3/c1-4-11-32-20-14-33(19(12-15(2)3)23(34)30-13-16-9-10-16)24(35)21(20)22(31-25(32)36)17-7-5-6-8-18(17)26(27,28)29/h4-8,15-16,19,22H,1,9-14H2,2-3H3,(H,30,34)(H,31,36)/t19-,22-/m1/s1. The van der Waals surface area contributed by atoms with E-state index in [2.05, 4.69) is 17.2 Å². The Hall–Kier alpha value is -3.30. The Kier molecular flexibility index (Phi) is 7.15. The molecule has 36 heavy (non-hydrogen) atoms. The van der Waals surface area contributed by atoms with E-state index in [0.29, 0.717) is 24.6 Å². The number of alkyl halides is 3. The van der Waals surface area contributed by atoms with Crippen LogP contribution in [-0.2, 0) is 15.8 Å². The fourth-order valence-corrected chi connectivity index (χ4v) is 4.83. The Labute approximate surface area is 208 Å². The number of rotatable bonds is 9. The van der Waals surface area contributed by atoms with E-state index in [1.165, 1.54) is 34.1 Å². The number of carbonyl (C=O) groups excluding carboxylic acids is 3. The zero-order chi connectivity index (χ0) is 26.2. The molecule has 0 unspecified atom stereocenters. The maximum Gasteiger partial charge on any atom is 0.416 e. The van der Waals surface area contributed by atoms with Gasteiger partial charge < -0.3 is 15.5 Å². The second kappa shape index (κ2) is 9.99. The van der Waals surface area contributed by atoms with Crippen LogP contribution < -0.4 is 10.6 Å². The smallest absolute Gasteiger partial charge is 0.354 e. The molecule has 194 valence electrons. The number of amides is 4. The van der Waals surface area contributed by atoms with Crippen LogP contribution in [0, 0.1) is 11.8 Å². The van der Waals surface area contributed by atoms with Gasteiger partial charge in [-0.15, -0.1) is 6.58 Å². The van der Waals surface area contributed by atoms with Crippen molar-refractivity contribution in [1.82, 2.24) is 20.4 Å². The molecule has 1 fully saturated rings. The SMILES string of the molecule is C=CCN1C(=O)N[C@H](c2ccccc2C(F)(F)F)C2=C1CN([C@H](CC(C)C)C(=O)NCC1CC1)C2=O. The van der Waals surface area contributed by atoms with E-state index in [1.807, 2.05) is 13.8 Å². The first-order valence-electron chi connectivity index (χ1n) is 12.2. The van der Waals surface area contributed by atoms with E-state index in [4.69, 9.17) is 0 Å². The van der Waals surface area contributed by atoms with Crippen molar-refractivity contribution in [1.29, 1.82) is 0 Å². The van der Waals surface area contributed by atoms with Crippen molar-refractivity contribution in [3.05, 3.63) is 59.3 Å². The molecular weight excluding hydrogens is 473 g/mol. The fraction of sp³-hybridized carbons (Fsp3) is 0.500. The number of urea groups is 1. The van der Waals surface area contributed by atoms with Crippen molar-refractivity contribution in [3.8, 4) is 0 Å². The summed E-state index contributed by atoms with van der Waals surface area (Å²) in [5.74, 6) is -0.306. The Bertz CT molecular complexity index is 1090. The van der Waals surface area contributed by atoms with Crippen molar-refractivity contribution >= 4 is 17.8 Å². The Morgan fingerprint density at radius 2 is 1.94 bits per heavy atom. The van der Waals surface area contributed by atoms with Gasteiger partial charge in [0.15, 0.2) is 0 Å². The monoisotopic (exact) mass is 504 g/mol. The van der Waals surface area contributed by atoms with E-state index in [9.17, 15) is 27.6 Å². The molecule has 4 rings (SSSR count). The molecular formula is C26H31F3N4O3. The van der Waals surface area contributed by atoms with Crippen molar-refractivity contribution in [2.75, 3.05) is 19.6 Å². The summed E-state index contributed by atoms with van der Waals surface area (Å²) in [5.41, 5.74) is -0.782. The van der Waals surface area contributed by atoms with Crippen molar-refractivity contribution in [2.45, 2.75) is 51.4 Å². The summed E-state index contributed by atoms with van der Waals surface area (Å²) in [6.45, 7) is 8.09. The van der Waals surface area contributed by atoms with Gasteiger partial charge in [-0.25, -0.2) is 4.79 Å². The van der Waals surface area contributed by atoms with Gasteiger partial charge in [0.05, 0.1) is 29.4 Å². The third-order valence-electron chi connectivity index (χ3n) is 6.77. The van der Waals surface area contributed by atoms with Gasteiger partial charge in [0, 0.05) is 13.1 Å². The molecule has 2 aliphatic heterocycles. The second-order valence-electron chi connectivity index (χ2n) is 9.99. The van der Waals surface area contributed by atoms with Gasteiger partial charge in [-0.2, -0.15) is 13.2 Å². The molecule has 2 atom stereocenters. The van der Waals surface area contributed by atoms with Crippen molar-refractivity contribution < 1.29 is 27.6 Å². The lowest BCUT2D eigenvalue weighted by atomic mass is 9.91. The Balaban J connectivity index is 1.74. The Morgan fingerprint density at radius 1 is 1.25 bits per heavy atom. The molecule has 0 saturated heterocycles. The van der Waals surface area contributed by atoms with Gasteiger partial charge in [0.25, 0.3) is 5.91 Å². The first-order chi connectivity index (χ1) is 17.0. The topological polar surface area (TPSA) is 81.8 Å². The molecule has 0 aromatic heterocycles. The molecule has 1 saturated carbocycles. The summed E-state index contributed by atoms with van der Waals surface area (Å²) in [4.78, 5) is 42.7. The lowest BCUT2D eigenvalue weighted by Gasteiger charge is -2.33. The van der Waals surface area contributed by atoms with Gasteiger partial charge in [-0.3, -0.25) is 14.5 Å². The summed E-state index contributed by atoms with van der Waals surface area (Å²) in [6.07, 6.45) is -0.703. The van der Waals surface area contributed by atoms with Crippen LogP contribution in [0.3, 0.4) is 0 Å². The molecule has 1 aliphatic carbocycles. The number of hydrogen-bond acceptors (Lipinski definition) is 3. The van der Waals surface area contributed by atoms with Crippen molar-refractivity contribution in [2.24, 2.45) is 11.8 Å². The minimum atomic E-state index is -4.68. The summed E-state index contributed by atoms with van der Waals surface area (Å²) in [7, 11) is 0. The molecule has 0 radical (unpaired) electrons. The van der Waals surface area contributed by atoms with Gasteiger partial charge in [-0.1, -0.05) is 38.1 Å². The average molecular weight is 505 g/mol. The van der Waals surface area contributed by atoms with E-state index in [-0.39, 0.29) is 36.1 Å². The largest absolute Gasteiger partial charge is 0.416 e. The number of benzene rings is 1. The summed E-state index contributed by atoms with van der Waals surface area (Å²) in [6, 6.07) is 2.19. The minimum Gasteiger partial charge on any atom is -0.354 e. The maximum absolute atomic E-state index is 13.8. The van der Waals surface area contributed by atoms with Crippen LogP contribution >= 0.6 is 0 Å². The normalized spacial score (nSPS) is 21.0. The first-order valence-corrected chi connectivity index (χ1v) is 12.2. The third kappa shape index (κ3) is 5.12. The highest BCUT2D eigenvalue weighted by Crippen LogP contribution is 2.42. The quantitative estimate of drug-likeness (QED) is 0.499. The molecule has 1 aromatic carbocycles. The molecule has 10 heteroatoms. The molecule has 3 aliphatic rings. The molecule has 0 bridgehead atoms. The molecule has 1 aromatic rings. The highest BCUT2D eigenvalue weighted by molar-refractivity contribution is 6.03. The van der Waals surface area contributed by atoms with E-state index >= 15 is 0 Å². The zero-order valence-electron chi connectivity index (χ0n) is 20.4. The van der Waals surface area contributed by atoms with Gasteiger partial charge >= 0.3 is 12.2 Å². The molecule has 7 nitrogen and oxygen atoms in total. The average Bonchev–Trinajstić information content (AvgIpc) is 3.59.